The first-order valence-electron chi connectivity index (χ1n) is 6.79. The number of aromatic hydroxyl groups is 1. The van der Waals surface area contributed by atoms with Crippen LogP contribution in [-0.4, -0.2) is 36.1 Å². The Hall–Kier alpha value is -1.10. The molecule has 0 bridgehead atoms. The van der Waals surface area contributed by atoms with Gasteiger partial charge in [0.1, 0.15) is 5.75 Å². The zero-order valence-corrected chi connectivity index (χ0v) is 11.6. The van der Waals surface area contributed by atoms with E-state index >= 15 is 0 Å². The number of phenols is 1. The number of phenolic OH excluding ortho intramolecular Hbond substituents is 1. The molecule has 0 radical (unpaired) electrons. The molecule has 1 aliphatic rings. The molecule has 1 aromatic carbocycles. The third-order valence-corrected chi connectivity index (χ3v) is 3.82. The summed E-state index contributed by atoms with van der Waals surface area (Å²) in [6.07, 6.45) is 2.46. The van der Waals surface area contributed by atoms with Crippen molar-refractivity contribution in [2.24, 2.45) is 0 Å². The van der Waals surface area contributed by atoms with Gasteiger partial charge < -0.3 is 20.3 Å². The minimum absolute atomic E-state index is 0.219. The molecule has 19 heavy (non-hydrogen) atoms. The van der Waals surface area contributed by atoms with E-state index in [0.29, 0.717) is 25.3 Å². The van der Waals surface area contributed by atoms with Gasteiger partial charge in [0.15, 0.2) is 0 Å². The number of aliphatic hydroxyl groups is 1. The van der Waals surface area contributed by atoms with E-state index in [-0.39, 0.29) is 6.04 Å². The summed E-state index contributed by atoms with van der Waals surface area (Å²) in [5, 5.41) is 23.4. The maximum atomic E-state index is 10.2. The van der Waals surface area contributed by atoms with Crippen LogP contribution in [0.4, 0.5) is 0 Å². The van der Waals surface area contributed by atoms with Crippen molar-refractivity contribution < 1.29 is 14.9 Å². The van der Waals surface area contributed by atoms with E-state index in [2.05, 4.69) is 5.32 Å². The first-order valence-corrected chi connectivity index (χ1v) is 6.79. The van der Waals surface area contributed by atoms with Gasteiger partial charge in [-0.15, -0.1) is 0 Å². The van der Waals surface area contributed by atoms with Gasteiger partial charge in [0, 0.05) is 32.7 Å². The van der Waals surface area contributed by atoms with Crippen molar-refractivity contribution in [2.75, 3.05) is 20.3 Å². The van der Waals surface area contributed by atoms with Crippen molar-refractivity contribution in [3.05, 3.63) is 29.3 Å². The minimum atomic E-state index is -0.768. The van der Waals surface area contributed by atoms with Crippen LogP contribution in [0.25, 0.3) is 0 Å². The van der Waals surface area contributed by atoms with Crippen molar-refractivity contribution in [2.45, 2.75) is 37.8 Å². The Kier molecular flexibility index (Phi) is 4.45. The summed E-state index contributed by atoms with van der Waals surface area (Å²) in [5.41, 5.74) is 1.43. The lowest BCUT2D eigenvalue weighted by Gasteiger charge is -2.26. The summed E-state index contributed by atoms with van der Waals surface area (Å²) < 4.78 is 5.00. The SMILES string of the molecule is COCCC(C)(O)CNC1CCc2c(O)cccc21. The summed E-state index contributed by atoms with van der Waals surface area (Å²) >= 11 is 0. The molecule has 0 aromatic heterocycles. The largest absolute Gasteiger partial charge is 0.508 e. The van der Waals surface area contributed by atoms with Gasteiger partial charge in [0.25, 0.3) is 0 Å². The number of fused-ring (bicyclic) bond motifs is 1. The van der Waals surface area contributed by atoms with Gasteiger partial charge in [0.2, 0.25) is 0 Å². The van der Waals surface area contributed by atoms with Crippen molar-refractivity contribution in [3.63, 3.8) is 0 Å². The average molecular weight is 265 g/mol. The Bertz CT molecular complexity index is 431. The quantitative estimate of drug-likeness (QED) is 0.733. The molecule has 0 aliphatic heterocycles. The molecule has 106 valence electrons. The Labute approximate surface area is 114 Å². The van der Waals surface area contributed by atoms with Crippen LogP contribution in [-0.2, 0) is 11.2 Å². The monoisotopic (exact) mass is 265 g/mol. The van der Waals surface area contributed by atoms with Gasteiger partial charge >= 0.3 is 0 Å². The van der Waals surface area contributed by atoms with Crippen molar-refractivity contribution >= 4 is 0 Å². The minimum Gasteiger partial charge on any atom is -0.508 e. The molecule has 3 N–H and O–H groups in total. The number of hydrogen-bond acceptors (Lipinski definition) is 4. The standard InChI is InChI=1S/C15H23NO3/c1-15(18,8-9-19-2)10-16-13-7-6-12-11(13)4-3-5-14(12)17/h3-5,13,16-18H,6-10H2,1-2H3. The summed E-state index contributed by atoms with van der Waals surface area (Å²) in [5.74, 6) is 0.382. The lowest BCUT2D eigenvalue weighted by atomic mass is 10.0. The van der Waals surface area contributed by atoms with Crippen LogP contribution in [0.3, 0.4) is 0 Å². The number of methoxy groups -OCH3 is 1. The summed E-state index contributed by atoms with van der Waals surface area (Å²) in [6, 6.07) is 5.87. The second-order valence-corrected chi connectivity index (χ2v) is 5.56. The number of nitrogens with one attached hydrogen (secondary N) is 1. The van der Waals surface area contributed by atoms with Gasteiger partial charge in [-0.1, -0.05) is 12.1 Å². The highest BCUT2D eigenvalue weighted by atomic mass is 16.5. The van der Waals surface area contributed by atoms with E-state index in [4.69, 9.17) is 4.74 Å². The van der Waals surface area contributed by atoms with Gasteiger partial charge in [-0.25, -0.2) is 0 Å². The summed E-state index contributed by atoms with van der Waals surface area (Å²) in [4.78, 5) is 0. The predicted molar refractivity (Wildman–Crippen MR) is 74.3 cm³/mol. The lowest BCUT2D eigenvalue weighted by molar-refractivity contribution is 0.0227. The molecule has 0 saturated carbocycles. The van der Waals surface area contributed by atoms with E-state index in [1.54, 1.807) is 13.2 Å². The topological polar surface area (TPSA) is 61.7 Å². The van der Waals surface area contributed by atoms with E-state index in [9.17, 15) is 10.2 Å². The highest BCUT2D eigenvalue weighted by molar-refractivity contribution is 5.44. The number of rotatable bonds is 6. The van der Waals surface area contributed by atoms with Crippen LogP contribution in [0.15, 0.2) is 18.2 Å². The first-order chi connectivity index (χ1) is 9.03. The molecule has 0 spiro atoms. The van der Waals surface area contributed by atoms with Gasteiger partial charge in [0.05, 0.1) is 5.60 Å². The van der Waals surface area contributed by atoms with Crippen LogP contribution in [0.5, 0.6) is 5.75 Å². The fourth-order valence-corrected chi connectivity index (χ4v) is 2.60. The van der Waals surface area contributed by atoms with E-state index in [1.807, 2.05) is 19.1 Å². The van der Waals surface area contributed by atoms with Crippen LogP contribution in [0, 0.1) is 0 Å². The molecule has 4 nitrogen and oxygen atoms in total. The highest BCUT2D eigenvalue weighted by Gasteiger charge is 2.27. The van der Waals surface area contributed by atoms with E-state index in [0.717, 1.165) is 24.0 Å². The van der Waals surface area contributed by atoms with Crippen molar-refractivity contribution in [1.82, 2.24) is 5.32 Å². The molecular weight excluding hydrogens is 242 g/mol. The third-order valence-electron chi connectivity index (χ3n) is 3.82. The Morgan fingerprint density at radius 1 is 1.47 bits per heavy atom. The molecule has 0 amide bonds. The maximum absolute atomic E-state index is 10.2. The molecule has 2 unspecified atom stereocenters. The molecule has 1 aromatic rings. The fourth-order valence-electron chi connectivity index (χ4n) is 2.60. The third kappa shape index (κ3) is 3.47. The molecule has 0 saturated heterocycles. The second-order valence-electron chi connectivity index (χ2n) is 5.56. The highest BCUT2D eigenvalue weighted by Crippen LogP contribution is 2.36. The van der Waals surface area contributed by atoms with Crippen LogP contribution in [0.2, 0.25) is 0 Å². The van der Waals surface area contributed by atoms with Crippen LogP contribution < -0.4 is 5.32 Å². The average Bonchev–Trinajstić information content (AvgIpc) is 2.79. The molecular formula is C15H23NO3. The number of benzene rings is 1. The Morgan fingerprint density at radius 2 is 2.26 bits per heavy atom. The fraction of sp³-hybridized carbons (Fsp3) is 0.600. The van der Waals surface area contributed by atoms with Crippen molar-refractivity contribution in [3.8, 4) is 5.75 Å². The molecule has 1 aliphatic carbocycles. The molecule has 0 heterocycles. The second kappa shape index (κ2) is 5.90. The van der Waals surface area contributed by atoms with Gasteiger partial charge in [-0.3, -0.25) is 0 Å². The summed E-state index contributed by atoms with van der Waals surface area (Å²) in [7, 11) is 1.64. The van der Waals surface area contributed by atoms with Crippen LogP contribution >= 0.6 is 0 Å². The van der Waals surface area contributed by atoms with Gasteiger partial charge in [-0.2, -0.15) is 0 Å². The maximum Gasteiger partial charge on any atom is 0.119 e. The zero-order chi connectivity index (χ0) is 13.9. The molecule has 4 heteroatoms. The van der Waals surface area contributed by atoms with E-state index < -0.39 is 5.60 Å². The smallest absolute Gasteiger partial charge is 0.119 e. The number of ether oxygens (including phenoxy) is 1. The van der Waals surface area contributed by atoms with Crippen LogP contribution in [0.1, 0.15) is 36.9 Å². The van der Waals surface area contributed by atoms with Gasteiger partial charge in [-0.05, 0) is 37.0 Å². The zero-order valence-electron chi connectivity index (χ0n) is 11.6. The normalized spacial score (nSPS) is 21.1. The molecule has 0 fully saturated rings. The van der Waals surface area contributed by atoms with E-state index in [1.165, 1.54) is 0 Å². The first kappa shape index (κ1) is 14.3. The summed E-state index contributed by atoms with van der Waals surface area (Å²) in [6.45, 7) is 2.89. The Morgan fingerprint density at radius 3 is 3.00 bits per heavy atom. The lowest BCUT2D eigenvalue weighted by Crippen LogP contribution is -2.39. The number of hydrogen-bond donors (Lipinski definition) is 3. The predicted octanol–water partition coefficient (Wildman–Crippen LogP) is 1.76. The molecule has 2 atom stereocenters. The molecule has 2 rings (SSSR count). The Balaban J connectivity index is 1.94. The van der Waals surface area contributed by atoms with Crippen molar-refractivity contribution in [1.29, 1.82) is 0 Å².